The average Bonchev–Trinajstić information content (AvgIpc) is 2.68. The van der Waals surface area contributed by atoms with E-state index in [1.165, 1.54) is 0 Å². The van der Waals surface area contributed by atoms with Crippen LogP contribution in [0.15, 0.2) is 59.7 Å². The Morgan fingerprint density at radius 1 is 1.12 bits per heavy atom. The molecule has 25 heavy (non-hydrogen) atoms. The highest BCUT2D eigenvalue weighted by Crippen LogP contribution is 2.30. The van der Waals surface area contributed by atoms with Gasteiger partial charge < -0.3 is 9.47 Å². The van der Waals surface area contributed by atoms with Gasteiger partial charge in [0.2, 0.25) is 6.10 Å². The van der Waals surface area contributed by atoms with Crippen molar-refractivity contribution in [2.75, 3.05) is 6.61 Å². The molecule has 0 radical (unpaired) electrons. The maximum Gasteiger partial charge on any atom is 0.284 e. The van der Waals surface area contributed by atoms with Gasteiger partial charge in [-0.15, -0.1) is 0 Å². The van der Waals surface area contributed by atoms with E-state index in [2.05, 4.69) is 17.5 Å². The van der Waals surface area contributed by atoms with Crippen molar-refractivity contribution in [1.29, 1.82) is 0 Å². The summed E-state index contributed by atoms with van der Waals surface area (Å²) in [6, 6.07) is 17.2. The van der Waals surface area contributed by atoms with Crippen molar-refractivity contribution in [3.63, 3.8) is 0 Å². The molecular weight excluding hydrogens is 316 g/mol. The number of ether oxygens (including phenoxy) is 2. The molecule has 1 amide bonds. The van der Waals surface area contributed by atoms with Gasteiger partial charge in [0.05, 0.1) is 5.71 Å². The van der Waals surface area contributed by atoms with Gasteiger partial charge in [0, 0.05) is 0 Å². The number of amides is 1. The summed E-state index contributed by atoms with van der Waals surface area (Å²) in [5, 5.41) is 4.34. The molecule has 0 saturated carbocycles. The van der Waals surface area contributed by atoms with E-state index in [0.717, 1.165) is 30.5 Å². The van der Waals surface area contributed by atoms with Gasteiger partial charge in [-0.2, -0.15) is 5.10 Å². The van der Waals surface area contributed by atoms with E-state index in [1.807, 2.05) is 48.5 Å². The third-order valence-corrected chi connectivity index (χ3v) is 3.98. The van der Waals surface area contributed by atoms with Gasteiger partial charge in [0.25, 0.3) is 5.91 Å². The number of fused-ring (bicyclic) bond motifs is 1. The first-order valence-electron chi connectivity index (χ1n) is 8.58. The Kier molecular flexibility index (Phi) is 5.67. The summed E-state index contributed by atoms with van der Waals surface area (Å²) in [7, 11) is 0. The largest absolute Gasteiger partial charge is 0.485 e. The molecule has 3 rings (SSSR count). The SMILES string of the molecule is CCCC/C(=N/NC(=O)[C@H]1COc2ccccc2O1)c1ccccc1. The number of nitrogens with zero attached hydrogens (tertiary/aromatic N) is 1. The predicted molar refractivity (Wildman–Crippen MR) is 97.0 cm³/mol. The summed E-state index contributed by atoms with van der Waals surface area (Å²) in [5.41, 5.74) is 4.52. The highest BCUT2D eigenvalue weighted by atomic mass is 16.6. The maximum atomic E-state index is 12.4. The van der Waals surface area contributed by atoms with Crippen molar-refractivity contribution >= 4 is 11.6 Å². The van der Waals surface area contributed by atoms with Crippen molar-refractivity contribution in [2.24, 2.45) is 5.10 Å². The monoisotopic (exact) mass is 338 g/mol. The maximum absolute atomic E-state index is 12.4. The molecule has 1 N–H and O–H groups in total. The number of carbonyl (C=O) groups excluding carboxylic acids is 1. The van der Waals surface area contributed by atoms with Gasteiger partial charge in [-0.1, -0.05) is 55.8 Å². The van der Waals surface area contributed by atoms with Crippen molar-refractivity contribution in [1.82, 2.24) is 5.43 Å². The smallest absolute Gasteiger partial charge is 0.284 e. The number of carbonyl (C=O) groups is 1. The molecule has 0 spiro atoms. The van der Waals surface area contributed by atoms with Gasteiger partial charge in [-0.25, -0.2) is 5.43 Å². The summed E-state index contributed by atoms with van der Waals surface area (Å²) in [6.45, 7) is 2.31. The molecule has 0 saturated heterocycles. The second-order valence-corrected chi connectivity index (χ2v) is 5.87. The molecule has 0 aromatic heterocycles. The van der Waals surface area contributed by atoms with E-state index >= 15 is 0 Å². The van der Waals surface area contributed by atoms with Crippen LogP contribution in [0.25, 0.3) is 0 Å². The van der Waals surface area contributed by atoms with Crippen LogP contribution < -0.4 is 14.9 Å². The number of nitrogens with one attached hydrogen (secondary N) is 1. The standard InChI is InChI=1S/C20H22N2O3/c1-2-3-11-16(15-9-5-4-6-10-15)21-22-20(23)19-14-24-17-12-7-8-13-18(17)25-19/h4-10,12-13,19H,2-3,11,14H2,1H3,(H,22,23)/b21-16-/t19-/m1/s1. The molecule has 5 nitrogen and oxygen atoms in total. The van der Waals surface area contributed by atoms with Crippen LogP contribution in [0.2, 0.25) is 0 Å². The van der Waals surface area contributed by atoms with E-state index < -0.39 is 6.10 Å². The molecule has 1 aliphatic rings. The number of rotatable bonds is 6. The van der Waals surface area contributed by atoms with E-state index in [1.54, 1.807) is 6.07 Å². The molecule has 1 heterocycles. The lowest BCUT2D eigenvalue weighted by Crippen LogP contribution is -2.42. The summed E-state index contributed by atoms with van der Waals surface area (Å²) < 4.78 is 11.3. The number of benzene rings is 2. The lowest BCUT2D eigenvalue weighted by Gasteiger charge is -2.24. The molecule has 0 fully saturated rings. The summed E-state index contributed by atoms with van der Waals surface area (Å²) >= 11 is 0. The molecule has 1 aliphatic heterocycles. The highest BCUT2D eigenvalue weighted by Gasteiger charge is 2.27. The summed E-state index contributed by atoms with van der Waals surface area (Å²) in [6.07, 6.45) is 2.18. The quantitative estimate of drug-likeness (QED) is 0.647. The van der Waals surface area contributed by atoms with Crippen LogP contribution in [0, 0.1) is 0 Å². The van der Waals surface area contributed by atoms with Crippen molar-refractivity contribution < 1.29 is 14.3 Å². The van der Waals surface area contributed by atoms with E-state index in [4.69, 9.17) is 9.47 Å². The number of hydrazone groups is 1. The molecular formula is C20H22N2O3. The second-order valence-electron chi connectivity index (χ2n) is 5.87. The van der Waals surface area contributed by atoms with Gasteiger partial charge in [-0.05, 0) is 30.5 Å². The molecule has 5 heteroatoms. The first-order chi connectivity index (χ1) is 12.3. The van der Waals surface area contributed by atoms with Crippen molar-refractivity contribution in [3.8, 4) is 11.5 Å². The number of unbranched alkanes of at least 4 members (excludes halogenated alkanes) is 1. The minimum Gasteiger partial charge on any atom is -0.485 e. The number of para-hydroxylation sites is 2. The van der Waals surface area contributed by atoms with Gasteiger partial charge >= 0.3 is 0 Å². The van der Waals surface area contributed by atoms with Crippen LogP contribution in [0.4, 0.5) is 0 Å². The fourth-order valence-corrected chi connectivity index (χ4v) is 2.58. The number of hydrogen-bond acceptors (Lipinski definition) is 4. The van der Waals surface area contributed by atoms with Crippen LogP contribution in [-0.4, -0.2) is 24.3 Å². The van der Waals surface area contributed by atoms with Gasteiger partial charge in [-0.3, -0.25) is 4.79 Å². The molecule has 1 atom stereocenters. The first kappa shape index (κ1) is 17.0. The third-order valence-electron chi connectivity index (χ3n) is 3.98. The summed E-state index contributed by atoms with van der Waals surface area (Å²) in [4.78, 5) is 12.4. The third kappa shape index (κ3) is 4.38. The fourth-order valence-electron chi connectivity index (χ4n) is 2.58. The Morgan fingerprint density at radius 3 is 2.60 bits per heavy atom. The molecule has 2 aromatic rings. The average molecular weight is 338 g/mol. The van der Waals surface area contributed by atoms with Crippen molar-refractivity contribution in [2.45, 2.75) is 32.3 Å². The molecule has 0 bridgehead atoms. The van der Waals surface area contributed by atoms with E-state index in [0.29, 0.717) is 11.5 Å². The molecule has 130 valence electrons. The Morgan fingerprint density at radius 2 is 1.84 bits per heavy atom. The zero-order chi connectivity index (χ0) is 17.5. The molecule has 0 aliphatic carbocycles. The zero-order valence-corrected chi connectivity index (χ0v) is 14.3. The second kappa shape index (κ2) is 8.33. The normalized spacial score (nSPS) is 16.4. The Labute approximate surface area is 147 Å². The summed E-state index contributed by atoms with van der Waals surface area (Å²) in [5.74, 6) is 0.926. The minimum absolute atomic E-state index is 0.175. The van der Waals surface area contributed by atoms with Crippen LogP contribution in [0.1, 0.15) is 31.7 Å². The lowest BCUT2D eigenvalue weighted by atomic mass is 10.1. The first-order valence-corrected chi connectivity index (χ1v) is 8.58. The van der Waals surface area contributed by atoms with Crippen LogP contribution >= 0.6 is 0 Å². The van der Waals surface area contributed by atoms with Crippen LogP contribution in [-0.2, 0) is 4.79 Å². The fraction of sp³-hybridized carbons (Fsp3) is 0.300. The lowest BCUT2D eigenvalue weighted by molar-refractivity contribution is -0.130. The highest BCUT2D eigenvalue weighted by molar-refractivity contribution is 6.01. The molecule has 2 aromatic carbocycles. The molecule has 0 unspecified atom stereocenters. The Balaban J connectivity index is 1.67. The minimum atomic E-state index is -0.707. The van der Waals surface area contributed by atoms with Gasteiger partial charge in [0.1, 0.15) is 6.61 Å². The zero-order valence-electron chi connectivity index (χ0n) is 14.3. The van der Waals surface area contributed by atoms with Crippen molar-refractivity contribution in [3.05, 3.63) is 60.2 Å². The van der Waals surface area contributed by atoms with E-state index in [-0.39, 0.29) is 12.5 Å². The van der Waals surface area contributed by atoms with Crippen LogP contribution in [0.3, 0.4) is 0 Å². The van der Waals surface area contributed by atoms with Gasteiger partial charge in [0.15, 0.2) is 11.5 Å². The Bertz CT molecular complexity index is 744. The Hall–Kier alpha value is -2.82. The number of hydrogen-bond donors (Lipinski definition) is 1. The van der Waals surface area contributed by atoms with E-state index in [9.17, 15) is 4.79 Å². The van der Waals surface area contributed by atoms with Crippen LogP contribution in [0.5, 0.6) is 11.5 Å². The topological polar surface area (TPSA) is 59.9 Å². The predicted octanol–water partition coefficient (Wildman–Crippen LogP) is 3.54.